The average molecular weight is 846 g/mol. The van der Waals surface area contributed by atoms with E-state index in [0.29, 0.717) is 6.61 Å². The monoisotopic (exact) mass is 846 g/mol. The second-order valence-electron chi connectivity index (χ2n) is 17.7. The highest BCUT2D eigenvalue weighted by atomic mass is 32.3. The second-order valence-corrected chi connectivity index (χ2v) is 20.4. The van der Waals surface area contributed by atoms with Crippen molar-refractivity contribution < 1.29 is 27.7 Å². The molecular weight excluding hydrogens is 743 g/mol. The highest BCUT2D eigenvalue weighted by molar-refractivity contribution is 8.24. The van der Waals surface area contributed by atoms with E-state index >= 15 is 0 Å². The molecule has 0 amide bonds. The second kappa shape index (κ2) is 44.7. The van der Waals surface area contributed by atoms with E-state index in [4.69, 9.17) is 17.8 Å². The number of esters is 1. The Morgan fingerprint density at radius 2 is 0.879 bits per heavy atom. The van der Waals surface area contributed by atoms with Gasteiger partial charge in [0.2, 0.25) is 0 Å². The van der Waals surface area contributed by atoms with Crippen LogP contribution in [0.3, 0.4) is 0 Å². The normalized spacial score (nSPS) is 13.4. The van der Waals surface area contributed by atoms with E-state index in [9.17, 15) is 9.90 Å². The van der Waals surface area contributed by atoms with Gasteiger partial charge in [-0.05, 0) is 83.8 Å². The van der Waals surface area contributed by atoms with Gasteiger partial charge in [0.15, 0.2) is 6.29 Å². The average Bonchev–Trinajstić information content (AvgIpc) is 3.21. The van der Waals surface area contributed by atoms with Crippen molar-refractivity contribution in [3.63, 3.8) is 0 Å². The first-order chi connectivity index (χ1) is 28.3. The van der Waals surface area contributed by atoms with Crippen LogP contribution >= 0.6 is 10.6 Å². The molecule has 0 aromatic rings. The van der Waals surface area contributed by atoms with Crippen LogP contribution in [0.1, 0.15) is 246 Å². The van der Waals surface area contributed by atoms with Gasteiger partial charge >= 0.3 is 5.97 Å². The molecule has 8 heteroatoms. The van der Waals surface area contributed by atoms with Gasteiger partial charge in [-0.1, -0.05) is 175 Å². The summed E-state index contributed by atoms with van der Waals surface area (Å²) in [4.78, 5) is 15.6. The molecule has 0 aromatic heterocycles. The number of hydrogen-bond acceptors (Lipinski definition) is 7. The molecule has 0 saturated heterocycles. The summed E-state index contributed by atoms with van der Waals surface area (Å²) in [6, 6.07) is 0. The van der Waals surface area contributed by atoms with E-state index in [0.717, 1.165) is 110 Å². The Morgan fingerprint density at radius 3 is 1.40 bits per heavy atom. The summed E-state index contributed by atoms with van der Waals surface area (Å²) in [5.41, 5.74) is 0. The minimum absolute atomic E-state index is 0.0614. The molecule has 1 N–H and O–H groups in total. The van der Waals surface area contributed by atoms with Crippen molar-refractivity contribution in [1.29, 1.82) is 0 Å². The molecule has 0 aliphatic carbocycles. The van der Waals surface area contributed by atoms with E-state index in [2.05, 4.69) is 45.1 Å². The molecule has 0 bridgehead atoms. The number of aliphatic hydroxyl groups is 1. The molecule has 2 unspecified atom stereocenters. The number of carbonyl (C=O) groups is 1. The van der Waals surface area contributed by atoms with Crippen LogP contribution in [0.25, 0.3) is 0 Å². The Balaban J connectivity index is 4.51. The van der Waals surface area contributed by atoms with Crippen LogP contribution in [0, 0.1) is 5.92 Å². The quantitative estimate of drug-likeness (QED) is 0.0371. The van der Waals surface area contributed by atoms with E-state index in [1.54, 1.807) is 0 Å². The fourth-order valence-corrected chi connectivity index (χ4v) is 8.98. The van der Waals surface area contributed by atoms with Crippen molar-refractivity contribution >= 4 is 16.6 Å². The molecule has 7 nitrogen and oxygen atoms in total. The zero-order valence-corrected chi connectivity index (χ0v) is 40.8. The number of nitrogens with zero attached hydrogens (tertiary/aromatic N) is 1. The molecule has 0 aliphatic rings. The lowest BCUT2D eigenvalue weighted by Gasteiger charge is -2.38. The Morgan fingerprint density at radius 1 is 0.483 bits per heavy atom. The first-order valence-electron chi connectivity index (χ1n) is 25.5. The topological polar surface area (TPSA) is 77.5 Å². The molecule has 0 spiro atoms. The fourth-order valence-electron chi connectivity index (χ4n) is 7.74. The van der Waals surface area contributed by atoms with Crippen LogP contribution in [-0.4, -0.2) is 80.8 Å². The summed E-state index contributed by atoms with van der Waals surface area (Å²) < 4.78 is 25.0. The van der Waals surface area contributed by atoms with Gasteiger partial charge < -0.3 is 19.5 Å². The van der Waals surface area contributed by atoms with Crippen molar-refractivity contribution in [2.75, 3.05) is 58.6 Å². The minimum Gasteiger partial charge on any atom is -0.465 e. The van der Waals surface area contributed by atoms with E-state index in [-0.39, 0.29) is 24.8 Å². The highest BCUT2D eigenvalue weighted by Gasteiger charge is 2.20. The third-order valence-electron chi connectivity index (χ3n) is 11.6. The van der Waals surface area contributed by atoms with Crippen LogP contribution in [-0.2, 0) is 22.6 Å². The van der Waals surface area contributed by atoms with Gasteiger partial charge in [-0.15, -0.1) is 0 Å². The van der Waals surface area contributed by atoms with Crippen molar-refractivity contribution in [3.8, 4) is 0 Å². The van der Waals surface area contributed by atoms with Crippen molar-refractivity contribution in [1.82, 2.24) is 4.90 Å². The maximum atomic E-state index is 13.0. The van der Waals surface area contributed by atoms with Crippen LogP contribution in [0.4, 0.5) is 0 Å². The Labute approximate surface area is 364 Å². The van der Waals surface area contributed by atoms with Gasteiger partial charge in [-0.3, -0.25) is 13.2 Å². The maximum absolute atomic E-state index is 13.0. The fraction of sp³-hybridized carbons (Fsp3) is 0.980. The van der Waals surface area contributed by atoms with Gasteiger partial charge in [-0.2, -0.15) is 10.6 Å². The molecular formula is C50H103NO6S. The lowest BCUT2D eigenvalue weighted by atomic mass is 9.94. The number of ether oxygens (including phenoxy) is 2. The summed E-state index contributed by atoms with van der Waals surface area (Å²) in [7, 11) is -1.59. The molecule has 2 atom stereocenters. The minimum atomic E-state index is -1.59. The molecule has 0 rings (SSSR count). The lowest BCUT2D eigenvalue weighted by molar-refractivity contribution is -0.149. The largest absolute Gasteiger partial charge is 0.465 e. The number of hydrogen-bond donors (Lipinski definition) is 1. The van der Waals surface area contributed by atoms with Gasteiger partial charge in [-0.25, -0.2) is 0 Å². The molecule has 0 radical (unpaired) electrons. The van der Waals surface area contributed by atoms with E-state index < -0.39 is 10.6 Å². The maximum Gasteiger partial charge on any atom is 0.308 e. The standard InChI is InChI=1S/C50H103NO6S/c1-7-11-15-19-22-29-39-48(38-28-18-14-10-4)50(53)55-46-36-27-24-32-42-51(43-33-34-44-52)41-31-23-26-35-45-54-49(40-30-21-17-13-9-3)57-58(5,6)56-47-37-25-20-16-12-8-2/h48-49,52H,7-47H2,1-6H3. The SMILES string of the molecule is CCCCCCCCOS(C)(C)OC(CCCCCCC)OCCCCCCN(CCCCO)CCCCCCOC(=O)C(CCCCCC)CCCCCCCC. The Bertz CT molecular complexity index is 832. The summed E-state index contributed by atoms with van der Waals surface area (Å²) in [6.45, 7) is 14.7. The van der Waals surface area contributed by atoms with E-state index in [1.807, 2.05) is 0 Å². The smallest absolute Gasteiger partial charge is 0.308 e. The van der Waals surface area contributed by atoms with Crippen LogP contribution in [0.2, 0.25) is 0 Å². The van der Waals surface area contributed by atoms with Crippen LogP contribution < -0.4 is 0 Å². The van der Waals surface area contributed by atoms with Crippen molar-refractivity contribution in [3.05, 3.63) is 0 Å². The number of aliphatic hydroxyl groups excluding tert-OH is 1. The molecule has 58 heavy (non-hydrogen) atoms. The van der Waals surface area contributed by atoms with Crippen LogP contribution in [0.15, 0.2) is 0 Å². The number of rotatable bonds is 48. The van der Waals surface area contributed by atoms with Crippen molar-refractivity contribution in [2.45, 2.75) is 252 Å². The van der Waals surface area contributed by atoms with Crippen LogP contribution in [0.5, 0.6) is 0 Å². The van der Waals surface area contributed by atoms with E-state index in [1.165, 1.54) is 141 Å². The Hall–Kier alpha value is -0.380. The first kappa shape index (κ1) is 57.6. The third-order valence-corrected chi connectivity index (χ3v) is 13.0. The highest BCUT2D eigenvalue weighted by Crippen LogP contribution is 2.45. The van der Waals surface area contributed by atoms with Gasteiger partial charge in [0.05, 0.1) is 19.1 Å². The Kier molecular flexibility index (Phi) is 44.4. The number of unbranched alkanes of at least 4 members (excludes halogenated alkanes) is 24. The van der Waals surface area contributed by atoms with Gasteiger partial charge in [0.25, 0.3) is 0 Å². The predicted molar refractivity (Wildman–Crippen MR) is 254 cm³/mol. The molecule has 0 aliphatic heterocycles. The summed E-state index contributed by atoms with van der Waals surface area (Å²) in [5.74, 6) is 0.156. The molecule has 350 valence electrons. The number of carbonyl (C=O) groups excluding carboxylic acids is 1. The predicted octanol–water partition coefficient (Wildman–Crippen LogP) is 15.1. The first-order valence-corrected chi connectivity index (χ1v) is 27.8. The zero-order chi connectivity index (χ0) is 42.6. The summed E-state index contributed by atoms with van der Waals surface area (Å²) >= 11 is 0. The molecule has 0 heterocycles. The van der Waals surface area contributed by atoms with Gasteiger partial charge in [0.1, 0.15) is 0 Å². The molecule has 0 saturated carbocycles. The molecule has 0 fully saturated rings. The third kappa shape index (κ3) is 39.7. The van der Waals surface area contributed by atoms with Gasteiger partial charge in [0, 0.05) is 32.1 Å². The molecule has 0 aromatic carbocycles. The summed E-state index contributed by atoms with van der Waals surface area (Å²) in [5, 5.41) is 9.38. The zero-order valence-electron chi connectivity index (χ0n) is 40.0. The van der Waals surface area contributed by atoms with Crippen molar-refractivity contribution in [2.24, 2.45) is 5.92 Å². The lowest BCUT2D eigenvalue weighted by Crippen LogP contribution is -2.27. The summed E-state index contributed by atoms with van der Waals surface area (Å²) in [6.07, 6.45) is 44.4.